The number of nitrogens with one attached hydrogen (secondary N) is 1. The van der Waals surface area contributed by atoms with Crippen molar-refractivity contribution in [3.8, 4) is 17.0 Å². The number of thiophene rings is 1. The highest BCUT2D eigenvalue weighted by Gasteiger charge is 2.23. The van der Waals surface area contributed by atoms with Crippen LogP contribution in [-0.2, 0) is 21.3 Å². The Morgan fingerprint density at radius 2 is 1.96 bits per heavy atom. The third kappa shape index (κ3) is 4.19. The lowest BCUT2D eigenvalue weighted by molar-refractivity contribution is 0.0600. The molecule has 3 rings (SSSR count). The summed E-state index contributed by atoms with van der Waals surface area (Å²) >= 11 is 1.51. The third-order valence-electron chi connectivity index (χ3n) is 3.87. The highest BCUT2D eigenvalue weighted by molar-refractivity contribution is 7.89. The predicted molar refractivity (Wildman–Crippen MR) is 104 cm³/mol. The average Bonchev–Trinajstić information content (AvgIpc) is 3.26. The first-order valence-corrected chi connectivity index (χ1v) is 10.5. The lowest BCUT2D eigenvalue weighted by Gasteiger charge is -2.12. The largest absolute Gasteiger partial charge is 0.495 e. The van der Waals surface area contributed by atoms with Crippen molar-refractivity contribution in [1.29, 1.82) is 0 Å². The predicted octanol–water partition coefficient (Wildman–Crippen LogP) is 2.48. The van der Waals surface area contributed by atoms with Gasteiger partial charge in [0.1, 0.15) is 10.6 Å². The molecule has 146 valence electrons. The van der Waals surface area contributed by atoms with E-state index in [0.29, 0.717) is 11.4 Å². The van der Waals surface area contributed by atoms with Crippen LogP contribution in [0.3, 0.4) is 0 Å². The number of hydrogen-bond donors (Lipinski definition) is 1. The van der Waals surface area contributed by atoms with Gasteiger partial charge in [-0.25, -0.2) is 17.9 Å². The zero-order valence-electron chi connectivity index (χ0n) is 15.1. The van der Waals surface area contributed by atoms with Crippen molar-refractivity contribution in [2.75, 3.05) is 14.2 Å². The molecule has 28 heavy (non-hydrogen) atoms. The number of esters is 1. The molecule has 0 atom stereocenters. The van der Waals surface area contributed by atoms with Gasteiger partial charge in [0.25, 0.3) is 0 Å². The standard InChI is InChI=1S/C18H17N3O5S2/c1-25-15-4-3-12(18(22)26-2)9-16(15)28(23,24)21-10-14-17(20-7-6-19-14)13-5-8-27-11-13/h3-9,11,21H,10H2,1-2H3. The van der Waals surface area contributed by atoms with Crippen LogP contribution in [0.2, 0.25) is 0 Å². The minimum atomic E-state index is -4.00. The summed E-state index contributed by atoms with van der Waals surface area (Å²) in [4.78, 5) is 20.1. The monoisotopic (exact) mass is 419 g/mol. The highest BCUT2D eigenvalue weighted by atomic mass is 32.2. The van der Waals surface area contributed by atoms with Crippen molar-refractivity contribution < 1.29 is 22.7 Å². The summed E-state index contributed by atoms with van der Waals surface area (Å²) < 4.78 is 38.0. The first-order valence-electron chi connectivity index (χ1n) is 8.04. The molecule has 0 aliphatic heterocycles. The Morgan fingerprint density at radius 1 is 1.18 bits per heavy atom. The van der Waals surface area contributed by atoms with E-state index in [4.69, 9.17) is 4.74 Å². The van der Waals surface area contributed by atoms with Gasteiger partial charge in [-0.15, -0.1) is 0 Å². The van der Waals surface area contributed by atoms with Crippen molar-refractivity contribution in [2.45, 2.75) is 11.4 Å². The number of carbonyl (C=O) groups excluding carboxylic acids is 1. The van der Waals surface area contributed by atoms with Gasteiger partial charge in [0.05, 0.1) is 37.7 Å². The van der Waals surface area contributed by atoms with Gasteiger partial charge in [-0.3, -0.25) is 9.97 Å². The van der Waals surface area contributed by atoms with Gasteiger partial charge in [0.15, 0.2) is 0 Å². The molecule has 3 aromatic rings. The van der Waals surface area contributed by atoms with Crippen LogP contribution in [0.4, 0.5) is 0 Å². The second kappa shape index (κ2) is 8.46. The summed E-state index contributed by atoms with van der Waals surface area (Å²) in [5, 5.41) is 3.81. The van der Waals surface area contributed by atoms with E-state index in [-0.39, 0.29) is 22.8 Å². The SMILES string of the molecule is COC(=O)c1ccc(OC)c(S(=O)(=O)NCc2nccnc2-c2ccsc2)c1. The Bertz CT molecular complexity index is 1080. The summed E-state index contributed by atoms with van der Waals surface area (Å²) in [5.74, 6) is -0.537. The van der Waals surface area contributed by atoms with Crippen LogP contribution in [0.15, 0.2) is 52.3 Å². The Morgan fingerprint density at radius 3 is 2.64 bits per heavy atom. The maximum absolute atomic E-state index is 12.9. The maximum Gasteiger partial charge on any atom is 0.337 e. The van der Waals surface area contributed by atoms with Crippen LogP contribution in [-0.4, -0.2) is 38.6 Å². The van der Waals surface area contributed by atoms with Gasteiger partial charge in [-0.05, 0) is 29.6 Å². The summed E-state index contributed by atoms with van der Waals surface area (Å²) in [6, 6.07) is 5.93. The van der Waals surface area contributed by atoms with Crippen LogP contribution in [0, 0.1) is 0 Å². The Balaban J connectivity index is 1.91. The summed E-state index contributed by atoms with van der Waals surface area (Å²) in [6.45, 7) is -0.0764. The van der Waals surface area contributed by atoms with Gasteiger partial charge >= 0.3 is 5.97 Å². The quantitative estimate of drug-likeness (QED) is 0.586. The van der Waals surface area contributed by atoms with Crippen molar-refractivity contribution in [3.05, 3.63) is 58.7 Å². The lowest BCUT2D eigenvalue weighted by Crippen LogP contribution is -2.25. The molecule has 1 aromatic carbocycles. The fourth-order valence-corrected chi connectivity index (χ4v) is 4.33. The Kier molecular flexibility index (Phi) is 6.02. The second-order valence-corrected chi connectivity index (χ2v) is 8.06. The van der Waals surface area contributed by atoms with Crippen LogP contribution in [0.25, 0.3) is 11.3 Å². The number of methoxy groups -OCH3 is 2. The van der Waals surface area contributed by atoms with E-state index in [9.17, 15) is 13.2 Å². The molecule has 0 fully saturated rings. The molecule has 0 bridgehead atoms. The number of aromatic nitrogens is 2. The van der Waals surface area contributed by atoms with E-state index in [1.807, 2.05) is 16.8 Å². The number of hydrogen-bond acceptors (Lipinski definition) is 8. The van der Waals surface area contributed by atoms with Crippen LogP contribution in [0.1, 0.15) is 16.1 Å². The molecule has 0 aliphatic carbocycles. The highest BCUT2D eigenvalue weighted by Crippen LogP contribution is 2.26. The van der Waals surface area contributed by atoms with E-state index in [2.05, 4.69) is 19.4 Å². The summed E-state index contributed by atoms with van der Waals surface area (Å²) in [7, 11) is -1.43. The summed E-state index contributed by atoms with van der Waals surface area (Å²) in [6.07, 6.45) is 3.05. The number of benzene rings is 1. The number of rotatable bonds is 7. The van der Waals surface area contributed by atoms with Gasteiger partial charge in [-0.1, -0.05) is 0 Å². The summed E-state index contributed by atoms with van der Waals surface area (Å²) in [5.41, 5.74) is 2.04. The number of sulfonamides is 1. The molecule has 0 spiro atoms. The van der Waals surface area contributed by atoms with E-state index >= 15 is 0 Å². The van der Waals surface area contributed by atoms with Crippen molar-refractivity contribution >= 4 is 27.3 Å². The van der Waals surface area contributed by atoms with Crippen molar-refractivity contribution in [3.63, 3.8) is 0 Å². The van der Waals surface area contributed by atoms with Crippen LogP contribution < -0.4 is 9.46 Å². The van der Waals surface area contributed by atoms with E-state index in [1.54, 1.807) is 6.20 Å². The topological polar surface area (TPSA) is 107 Å². The molecule has 10 heteroatoms. The molecule has 0 saturated heterocycles. The molecule has 0 aliphatic rings. The number of carbonyl (C=O) groups is 1. The van der Waals surface area contributed by atoms with Gasteiger partial charge in [0, 0.05) is 23.3 Å². The number of ether oxygens (including phenoxy) is 2. The second-order valence-electron chi connectivity index (χ2n) is 5.55. The maximum atomic E-state index is 12.9. The molecule has 0 saturated carbocycles. The fraction of sp³-hybridized carbons (Fsp3) is 0.167. The zero-order chi connectivity index (χ0) is 20.1. The van der Waals surface area contributed by atoms with Crippen LogP contribution >= 0.6 is 11.3 Å². The lowest BCUT2D eigenvalue weighted by atomic mass is 10.2. The Labute approximate surface area is 166 Å². The smallest absolute Gasteiger partial charge is 0.337 e. The first kappa shape index (κ1) is 19.9. The molecule has 8 nitrogen and oxygen atoms in total. The molecular formula is C18H17N3O5S2. The molecule has 2 heterocycles. The molecule has 1 N–H and O–H groups in total. The zero-order valence-corrected chi connectivity index (χ0v) is 16.7. The first-order chi connectivity index (χ1) is 13.5. The minimum Gasteiger partial charge on any atom is -0.495 e. The fourth-order valence-electron chi connectivity index (χ4n) is 2.51. The normalized spacial score (nSPS) is 11.2. The van der Waals surface area contributed by atoms with E-state index in [0.717, 1.165) is 5.56 Å². The molecule has 2 aromatic heterocycles. The third-order valence-corrected chi connectivity index (χ3v) is 5.98. The van der Waals surface area contributed by atoms with Gasteiger partial charge < -0.3 is 9.47 Å². The molecular weight excluding hydrogens is 402 g/mol. The van der Waals surface area contributed by atoms with Crippen molar-refractivity contribution in [1.82, 2.24) is 14.7 Å². The Hall–Kier alpha value is -2.82. The van der Waals surface area contributed by atoms with E-state index < -0.39 is 16.0 Å². The average molecular weight is 419 g/mol. The van der Waals surface area contributed by atoms with Crippen molar-refractivity contribution in [2.24, 2.45) is 0 Å². The van der Waals surface area contributed by atoms with Gasteiger partial charge in [-0.2, -0.15) is 11.3 Å². The minimum absolute atomic E-state index is 0.0764. The van der Waals surface area contributed by atoms with Crippen LogP contribution in [0.5, 0.6) is 5.75 Å². The number of nitrogens with zero attached hydrogens (tertiary/aromatic N) is 2. The van der Waals surface area contributed by atoms with Gasteiger partial charge in [0.2, 0.25) is 10.0 Å². The van der Waals surface area contributed by atoms with E-state index in [1.165, 1.54) is 50.0 Å². The molecule has 0 unspecified atom stereocenters. The molecule has 0 amide bonds. The molecule has 0 radical (unpaired) electrons.